The highest BCUT2D eigenvalue weighted by Crippen LogP contribution is 2.67. The number of aliphatic hydroxyl groups is 1. The first kappa shape index (κ1) is 22.8. The molecule has 6 heteroatoms. The summed E-state index contributed by atoms with van der Waals surface area (Å²) in [4.78, 5) is 16.5. The highest BCUT2D eigenvalue weighted by Gasteiger charge is 2.62. The van der Waals surface area contributed by atoms with E-state index in [-0.39, 0.29) is 36.5 Å². The molecule has 1 aliphatic heterocycles. The lowest BCUT2D eigenvalue weighted by atomic mass is 9.45. The maximum absolute atomic E-state index is 13.4. The van der Waals surface area contributed by atoms with Gasteiger partial charge in [0, 0.05) is 17.2 Å². The van der Waals surface area contributed by atoms with Crippen LogP contribution >= 0.6 is 0 Å². The summed E-state index contributed by atoms with van der Waals surface area (Å²) in [5.41, 5.74) is 2.17. The number of benzene rings is 2. The SMILES string of the molecule is COc1ccc([C@H]2[C@H]3c4c(c5ccccc5[nH]c4=O)OC(C)(C)[C@H]3[C@@H]2C(C)C)cc1OCCO. The van der Waals surface area contributed by atoms with Gasteiger partial charge in [0.25, 0.3) is 5.56 Å². The summed E-state index contributed by atoms with van der Waals surface area (Å²) >= 11 is 0. The van der Waals surface area contributed by atoms with E-state index in [1.165, 1.54) is 0 Å². The van der Waals surface area contributed by atoms with E-state index in [4.69, 9.17) is 14.2 Å². The van der Waals surface area contributed by atoms with Gasteiger partial charge in [-0.15, -0.1) is 0 Å². The number of fused-ring (bicyclic) bond motifs is 5. The van der Waals surface area contributed by atoms with Gasteiger partial charge in [-0.3, -0.25) is 4.79 Å². The Bertz CT molecular complexity index is 1280. The normalized spacial score (nSPS) is 24.7. The van der Waals surface area contributed by atoms with E-state index in [2.05, 4.69) is 38.7 Å². The molecule has 2 N–H and O–H groups in total. The number of aromatic amines is 1. The van der Waals surface area contributed by atoms with E-state index >= 15 is 0 Å². The number of nitrogens with one attached hydrogen (secondary N) is 1. The quantitative estimate of drug-likeness (QED) is 0.546. The summed E-state index contributed by atoms with van der Waals surface area (Å²) in [6.07, 6.45) is 0. The van der Waals surface area contributed by atoms with Crippen molar-refractivity contribution in [2.75, 3.05) is 20.3 Å². The third-order valence-corrected chi connectivity index (χ3v) is 7.70. The summed E-state index contributed by atoms with van der Waals surface area (Å²) in [5, 5.41) is 10.2. The van der Waals surface area contributed by atoms with Crippen molar-refractivity contribution in [3.63, 3.8) is 0 Å². The Balaban J connectivity index is 1.69. The minimum Gasteiger partial charge on any atom is -0.493 e. The number of ether oxygens (including phenoxy) is 3. The molecule has 1 aliphatic carbocycles. The van der Waals surface area contributed by atoms with Crippen LogP contribution in [-0.2, 0) is 0 Å². The molecule has 2 aliphatic rings. The molecular weight excluding hydrogens is 430 g/mol. The molecule has 0 unspecified atom stereocenters. The number of hydrogen-bond acceptors (Lipinski definition) is 5. The predicted octanol–water partition coefficient (Wildman–Crippen LogP) is 4.85. The molecule has 0 radical (unpaired) electrons. The van der Waals surface area contributed by atoms with Crippen molar-refractivity contribution in [2.24, 2.45) is 17.8 Å². The maximum Gasteiger partial charge on any atom is 0.255 e. The first-order valence-corrected chi connectivity index (χ1v) is 12.0. The van der Waals surface area contributed by atoms with Crippen LogP contribution < -0.4 is 19.8 Å². The van der Waals surface area contributed by atoms with Gasteiger partial charge in [0.05, 0.1) is 24.8 Å². The molecule has 3 aromatic rings. The zero-order chi connectivity index (χ0) is 24.2. The average molecular weight is 464 g/mol. The van der Waals surface area contributed by atoms with E-state index in [0.29, 0.717) is 29.1 Å². The third-order valence-electron chi connectivity index (χ3n) is 7.70. The zero-order valence-electron chi connectivity index (χ0n) is 20.4. The maximum atomic E-state index is 13.4. The molecule has 1 aromatic heterocycles. The standard InChI is InChI=1S/C28H33NO5/c1-15(2)21-22(16-10-11-19(32-5)20(14-16)33-13-12-30)23-24-26(34-28(3,4)25(21)23)17-8-6-7-9-18(17)29-27(24)31/h6-11,14-15,21-23,25,30H,12-13H2,1-5H3,(H,29,31)/t21-,22-,23+,25+/m1/s1. The van der Waals surface area contributed by atoms with E-state index in [1.54, 1.807) is 7.11 Å². The highest BCUT2D eigenvalue weighted by atomic mass is 16.5. The number of para-hydroxylation sites is 1. The smallest absolute Gasteiger partial charge is 0.255 e. The lowest BCUT2D eigenvalue weighted by molar-refractivity contribution is -0.104. The molecule has 2 aromatic carbocycles. The fourth-order valence-corrected chi connectivity index (χ4v) is 6.43. The second-order valence-electron chi connectivity index (χ2n) is 10.3. The van der Waals surface area contributed by atoms with E-state index < -0.39 is 5.60 Å². The van der Waals surface area contributed by atoms with Crippen molar-refractivity contribution >= 4 is 10.9 Å². The molecule has 4 atom stereocenters. The van der Waals surface area contributed by atoms with Crippen LogP contribution in [0.3, 0.4) is 0 Å². The van der Waals surface area contributed by atoms with Crippen molar-refractivity contribution < 1.29 is 19.3 Å². The fourth-order valence-electron chi connectivity index (χ4n) is 6.43. The molecular formula is C28H33NO5. The van der Waals surface area contributed by atoms with E-state index in [1.807, 2.05) is 36.4 Å². The van der Waals surface area contributed by atoms with Crippen molar-refractivity contribution in [3.8, 4) is 17.2 Å². The van der Waals surface area contributed by atoms with Gasteiger partial charge in [0.2, 0.25) is 0 Å². The highest BCUT2D eigenvalue weighted by molar-refractivity contribution is 5.87. The molecule has 2 heterocycles. The van der Waals surface area contributed by atoms with Crippen LogP contribution in [0.5, 0.6) is 17.2 Å². The van der Waals surface area contributed by atoms with Crippen LogP contribution in [0.2, 0.25) is 0 Å². The number of aliphatic hydroxyl groups excluding tert-OH is 1. The van der Waals surface area contributed by atoms with Gasteiger partial charge in [-0.1, -0.05) is 32.0 Å². The summed E-state index contributed by atoms with van der Waals surface area (Å²) in [6, 6.07) is 13.9. The van der Waals surface area contributed by atoms with Gasteiger partial charge in [-0.25, -0.2) is 0 Å². The van der Waals surface area contributed by atoms with Gasteiger partial charge in [0.1, 0.15) is 18.0 Å². The van der Waals surface area contributed by atoms with Crippen LogP contribution in [0, 0.1) is 17.8 Å². The van der Waals surface area contributed by atoms with E-state index in [9.17, 15) is 9.90 Å². The van der Waals surface area contributed by atoms with Crippen LogP contribution in [0.4, 0.5) is 0 Å². The summed E-state index contributed by atoms with van der Waals surface area (Å²) in [7, 11) is 1.61. The number of H-pyrrole nitrogens is 1. The Kier molecular flexibility index (Phi) is 5.59. The van der Waals surface area contributed by atoms with Crippen molar-refractivity contribution in [1.82, 2.24) is 4.98 Å². The molecule has 1 fully saturated rings. The van der Waals surface area contributed by atoms with Crippen LogP contribution in [0.25, 0.3) is 10.9 Å². The predicted molar refractivity (Wildman–Crippen MR) is 132 cm³/mol. The number of rotatable bonds is 6. The minimum absolute atomic E-state index is 0.0265. The average Bonchev–Trinajstić information content (AvgIpc) is 2.77. The van der Waals surface area contributed by atoms with Crippen LogP contribution in [0.15, 0.2) is 47.3 Å². The molecule has 0 saturated heterocycles. The Labute approximate surface area is 199 Å². The molecule has 0 amide bonds. The fraction of sp³-hybridized carbons (Fsp3) is 0.464. The van der Waals surface area contributed by atoms with Gasteiger partial charge in [-0.2, -0.15) is 0 Å². The number of aromatic nitrogens is 1. The summed E-state index contributed by atoms with van der Waals surface area (Å²) < 4.78 is 17.9. The monoisotopic (exact) mass is 463 g/mol. The number of methoxy groups -OCH3 is 1. The molecule has 180 valence electrons. The summed E-state index contributed by atoms with van der Waals surface area (Å²) in [5.74, 6) is 3.05. The topological polar surface area (TPSA) is 80.8 Å². The Hall–Kier alpha value is -2.99. The lowest BCUT2D eigenvalue weighted by Crippen LogP contribution is -2.60. The molecule has 1 saturated carbocycles. The first-order chi connectivity index (χ1) is 16.3. The molecule has 34 heavy (non-hydrogen) atoms. The van der Waals surface area contributed by atoms with E-state index in [0.717, 1.165) is 22.0 Å². The van der Waals surface area contributed by atoms with Crippen molar-refractivity contribution in [3.05, 3.63) is 63.9 Å². The second kappa shape index (κ2) is 8.35. The minimum atomic E-state index is -0.414. The van der Waals surface area contributed by atoms with Crippen LogP contribution in [-0.4, -0.2) is 36.0 Å². The van der Waals surface area contributed by atoms with Gasteiger partial charge < -0.3 is 24.3 Å². The van der Waals surface area contributed by atoms with Gasteiger partial charge in [-0.05, 0) is 61.4 Å². The molecule has 6 nitrogen and oxygen atoms in total. The van der Waals surface area contributed by atoms with Crippen molar-refractivity contribution in [1.29, 1.82) is 0 Å². The Morgan fingerprint density at radius 1 is 1.12 bits per heavy atom. The third kappa shape index (κ3) is 3.38. The van der Waals surface area contributed by atoms with Gasteiger partial charge in [0.15, 0.2) is 11.5 Å². The van der Waals surface area contributed by atoms with Gasteiger partial charge >= 0.3 is 0 Å². The first-order valence-electron chi connectivity index (χ1n) is 12.0. The Morgan fingerprint density at radius 3 is 2.59 bits per heavy atom. The number of hydrogen-bond donors (Lipinski definition) is 2. The number of pyridine rings is 1. The second-order valence-corrected chi connectivity index (χ2v) is 10.3. The molecule has 0 spiro atoms. The lowest BCUT2D eigenvalue weighted by Gasteiger charge is -2.62. The van der Waals surface area contributed by atoms with Crippen LogP contribution in [0.1, 0.15) is 50.7 Å². The zero-order valence-corrected chi connectivity index (χ0v) is 20.4. The molecule has 5 rings (SSSR count). The van der Waals surface area contributed by atoms with Crippen molar-refractivity contribution in [2.45, 2.75) is 45.1 Å². The summed E-state index contributed by atoms with van der Waals surface area (Å²) in [6.45, 7) is 8.92. The molecule has 0 bridgehead atoms. The Morgan fingerprint density at radius 2 is 1.88 bits per heavy atom. The largest absolute Gasteiger partial charge is 0.493 e.